The Bertz CT molecular complexity index is 320. The van der Waals surface area contributed by atoms with Crippen molar-refractivity contribution in [2.45, 2.75) is 19.6 Å². The average molecular weight is 211 g/mol. The second-order valence-electron chi connectivity index (χ2n) is 4.12. The molecule has 3 nitrogen and oxygen atoms in total. The average Bonchev–Trinajstić information content (AvgIpc) is 2.06. The minimum atomic E-state index is -1.58. The maximum absolute atomic E-state index is 5.84. The highest BCUT2D eigenvalue weighted by Crippen LogP contribution is 2.30. The first-order valence-electron chi connectivity index (χ1n) is 4.55. The summed E-state index contributed by atoms with van der Waals surface area (Å²) in [4.78, 5) is 0. The number of anilines is 1. The molecule has 0 fully saturated rings. The molecule has 0 saturated heterocycles. The van der Waals surface area contributed by atoms with Gasteiger partial charge in [-0.25, -0.2) is 0 Å². The van der Waals surface area contributed by atoms with E-state index in [9.17, 15) is 0 Å². The zero-order valence-electron chi connectivity index (χ0n) is 9.13. The van der Waals surface area contributed by atoms with Crippen LogP contribution in [0.25, 0.3) is 0 Å². The van der Waals surface area contributed by atoms with E-state index >= 15 is 0 Å². The van der Waals surface area contributed by atoms with Crippen LogP contribution < -0.4 is 14.9 Å². The van der Waals surface area contributed by atoms with Crippen LogP contribution in [0.4, 0.5) is 5.69 Å². The highest BCUT2D eigenvalue weighted by molar-refractivity contribution is 6.70. The number of benzene rings is 1. The lowest BCUT2D eigenvalue weighted by Gasteiger charge is -2.21. The summed E-state index contributed by atoms with van der Waals surface area (Å²) in [5.74, 6) is 1.48. The van der Waals surface area contributed by atoms with Gasteiger partial charge in [0.15, 0.2) is 5.75 Å². The second-order valence-corrected chi connectivity index (χ2v) is 8.55. The Kier molecular flexibility index (Phi) is 3.05. The molecule has 0 bridgehead atoms. The van der Waals surface area contributed by atoms with Gasteiger partial charge in [0, 0.05) is 11.8 Å². The van der Waals surface area contributed by atoms with Crippen molar-refractivity contribution in [1.82, 2.24) is 0 Å². The van der Waals surface area contributed by atoms with Gasteiger partial charge >= 0.3 is 0 Å². The molecule has 14 heavy (non-hydrogen) atoms. The minimum absolute atomic E-state index is 0.685. The number of methoxy groups -OCH3 is 1. The monoisotopic (exact) mass is 211 g/mol. The number of hydrogen-bond donors (Lipinski definition) is 1. The molecule has 0 aromatic heterocycles. The van der Waals surface area contributed by atoms with Crippen LogP contribution in [0.3, 0.4) is 0 Å². The van der Waals surface area contributed by atoms with Gasteiger partial charge in [-0.05, 0) is 31.8 Å². The highest BCUT2D eigenvalue weighted by Gasteiger charge is 2.18. The van der Waals surface area contributed by atoms with Gasteiger partial charge in [-0.1, -0.05) is 0 Å². The molecule has 0 aliphatic carbocycles. The van der Waals surface area contributed by atoms with E-state index in [0.717, 1.165) is 5.75 Å². The Labute approximate surface area is 86.0 Å². The lowest BCUT2D eigenvalue weighted by atomic mass is 10.3. The molecular formula is C10H17NO2Si. The topological polar surface area (TPSA) is 44.5 Å². The number of hydrogen-bond acceptors (Lipinski definition) is 3. The first-order chi connectivity index (χ1) is 6.42. The van der Waals surface area contributed by atoms with Gasteiger partial charge in [0.2, 0.25) is 8.32 Å². The van der Waals surface area contributed by atoms with E-state index in [1.807, 2.05) is 12.1 Å². The zero-order valence-corrected chi connectivity index (χ0v) is 10.1. The van der Waals surface area contributed by atoms with Gasteiger partial charge in [-0.15, -0.1) is 0 Å². The Morgan fingerprint density at radius 2 is 1.79 bits per heavy atom. The summed E-state index contributed by atoms with van der Waals surface area (Å²) < 4.78 is 11.0. The van der Waals surface area contributed by atoms with Crippen molar-refractivity contribution in [2.75, 3.05) is 12.8 Å². The molecule has 78 valence electrons. The summed E-state index contributed by atoms with van der Waals surface area (Å²) in [7, 11) is 0.0330. The van der Waals surface area contributed by atoms with Crippen LogP contribution in [0.1, 0.15) is 0 Å². The van der Waals surface area contributed by atoms with Crippen LogP contribution in [0.5, 0.6) is 11.5 Å². The van der Waals surface area contributed by atoms with Crippen LogP contribution in [0, 0.1) is 0 Å². The van der Waals surface area contributed by atoms with Crippen LogP contribution in [0.2, 0.25) is 19.6 Å². The van der Waals surface area contributed by atoms with E-state index in [2.05, 4.69) is 19.6 Å². The summed E-state index contributed by atoms with van der Waals surface area (Å²) >= 11 is 0. The van der Waals surface area contributed by atoms with E-state index < -0.39 is 8.32 Å². The molecule has 0 radical (unpaired) electrons. The van der Waals surface area contributed by atoms with Crippen LogP contribution in [-0.2, 0) is 0 Å². The summed E-state index contributed by atoms with van der Waals surface area (Å²) in [6.45, 7) is 6.38. The van der Waals surface area contributed by atoms with E-state index in [1.165, 1.54) is 0 Å². The number of nitrogens with two attached hydrogens (primary N) is 1. The number of nitrogen functional groups attached to an aromatic ring is 1. The van der Waals surface area contributed by atoms with Crippen molar-refractivity contribution in [3.63, 3.8) is 0 Å². The van der Waals surface area contributed by atoms with Gasteiger partial charge in [0.1, 0.15) is 5.75 Å². The lowest BCUT2D eigenvalue weighted by molar-refractivity contribution is 0.392. The molecule has 0 aliphatic heterocycles. The molecular weight excluding hydrogens is 194 g/mol. The first kappa shape index (κ1) is 10.9. The van der Waals surface area contributed by atoms with Crippen LogP contribution in [0.15, 0.2) is 18.2 Å². The van der Waals surface area contributed by atoms with Crippen LogP contribution in [-0.4, -0.2) is 15.4 Å². The molecule has 0 atom stereocenters. The Balaban J connectivity index is 2.97. The molecule has 1 rings (SSSR count). The maximum Gasteiger partial charge on any atom is 0.242 e. The molecule has 1 aromatic carbocycles. The largest absolute Gasteiger partial charge is 0.542 e. The summed E-state index contributed by atoms with van der Waals surface area (Å²) in [6, 6.07) is 5.44. The predicted octanol–water partition coefficient (Wildman–Crippen LogP) is 2.49. The predicted molar refractivity (Wildman–Crippen MR) is 61.4 cm³/mol. The van der Waals surface area contributed by atoms with E-state index in [-0.39, 0.29) is 0 Å². The third-order valence-corrected chi connectivity index (χ3v) is 2.44. The smallest absolute Gasteiger partial charge is 0.242 e. The zero-order chi connectivity index (χ0) is 10.8. The van der Waals surface area contributed by atoms with Gasteiger partial charge in [-0.2, -0.15) is 0 Å². The van der Waals surface area contributed by atoms with E-state index in [4.69, 9.17) is 14.9 Å². The molecule has 0 aliphatic rings. The second kappa shape index (κ2) is 3.92. The maximum atomic E-state index is 5.84. The first-order valence-corrected chi connectivity index (χ1v) is 7.96. The van der Waals surface area contributed by atoms with Crippen LogP contribution >= 0.6 is 0 Å². The molecule has 0 amide bonds. The number of rotatable bonds is 3. The van der Waals surface area contributed by atoms with E-state index in [1.54, 1.807) is 13.2 Å². The molecule has 0 saturated carbocycles. The molecule has 0 spiro atoms. The normalized spacial score (nSPS) is 11.1. The van der Waals surface area contributed by atoms with Crippen molar-refractivity contribution in [1.29, 1.82) is 0 Å². The Morgan fingerprint density at radius 1 is 1.14 bits per heavy atom. The van der Waals surface area contributed by atoms with Gasteiger partial charge in [-0.3, -0.25) is 0 Å². The third-order valence-electron chi connectivity index (χ3n) is 1.60. The van der Waals surface area contributed by atoms with Crippen molar-refractivity contribution in [3.05, 3.63) is 18.2 Å². The van der Waals surface area contributed by atoms with Crippen molar-refractivity contribution < 1.29 is 9.16 Å². The summed E-state index contributed by atoms with van der Waals surface area (Å²) in [6.07, 6.45) is 0. The van der Waals surface area contributed by atoms with E-state index in [0.29, 0.717) is 11.4 Å². The summed E-state index contributed by atoms with van der Waals surface area (Å²) in [5.41, 5.74) is 6.33. The molecule has 0 unspecified atom stereocenters. The lowest BCUT2D eigenvalue weighted by Crippen LogP contribution is -2.29. The van der Waals surface area contributed by atoms with Gasteiger partial charge in [0.25, 0.3) is 0 Å². The standard InChI is InChI=1S/C10H17NO2Si/c1-12-10-7-8(11)5-6-9(10)13-14(2,3)4/h5-7H,11H2,1-4H3. The highest BCUT2D eigenvalue weighted by atomic mass is 28.4. The van der Waals surface area contributed by atoms with Crippen molar-refractivity contribution in [3.8, 4) is 11.5 Å². The van der Waals surface area contributed by atoms with Crippen molar-refractivity contribution >= 4 is 14.0 Å². The van der Waals surface area contributed by atoms with Crippen molar-refractivity contribution in [2.24, 2.45) is 0 Å². The number of ether oxygens (including phenoxy) is 1. The van der Waals surface area contributed by atoms with Gasteiger partial charge in [0.05, 0.1) is 7.11 Å². The third kappa shape index (κ3) is 2.96. The fourth-order valence-corrected chi connectivity index (χ4v) is 1.93. The minimum Gasteiger partial charge on any atom is -0.542 e. The molecule has 2 N–H and O–H groups in total. The molecule has 1 aromatic rings. The fraction of sp³-hybridized carbons (Fsp3) is 0.400. The Hall–Kier alpha value is -1.16. The Morgan fingerprint density at radius 3 is 2.29 bits per heavy atom. The molecule has 0 heterocycles. The summed E-state index contributed by atoms with van der Waals surface area (Å²) in [5, 5.41) is 0. The fourth-order valence-electron chi connectivity index (χ4n) is 1.10. The molecule has 4 heteroatoms. The van der Waals surface area contributed by atoms with Gasteiger partial charge < -0.3 is 14.9 Å². The SMILES string of the molecule is COc1cc(N)ccc1O[Si](C)(C)C. The quantitative estimate of drug-likeness (QED) is 0.617.